The zero-order valence-electron chi connectivity index (χ0n) is 12.3. The number of carbonyl (C=O) groups excluding carboxylic acids is 1. The number of primary sulfonamides is 1. The molecule has 1 aromatic carbocycles. The van der Waals surface area contributed by atoms with Crippen LogP contribution in [0.4, 0.5) is 5.69 Å². The number of nitrogens with two attached hydrogens (primary N) is 1. The summed E-state index contributed by atoms with van der Waals surface area (Å²) in [5.41, 5.74) is 1.37. The van der Waals surface area contributed by atoms with E-state index in [2.05, 4.69) is 5.32 Å². The second-order valence-electron chi connectivity index (χ2n) is 4.71. The summed E-state index contributed by atoms with van der Waals surface area (Å²) >= 11 is 1.38. The molecule has 0 atom stereocenters. The first kappa shape index (κ1) is 16.5. The Bertz CT molecular complexity index is 806. The van der Waals surface area contributed by atoms with Gasteiger partial charge in [0.05, 0.1) is 12.0 Å². The van der Waals surface area contributed by atoms with Gasteiger partial charge in [0, 0.05) is 10.6 Å². The Morgan fingerprint density at radius 3 is 2.45 bits per heavy atom. The molecule has 22 heavy (non-hydrogen) atoms. The largest absolute Gasteiger partial charge is 0.495 e. The van der Waals surface area contributed by atoms with Gasteiger partial charge in [0.25, 0.3) is 5.91 Å². The predicted octanol–water partition coefficient (Wildman–Crippen LogP) is 2.27. The minimum absolute atomic E-state index is 0.128. The number of nitrogens with one attached hydrogen (secondary N) is 1. The van der Waals surface area contributed by atoms with Gasteiger partial charge in [-0.2, -0.15) is 0 Å². The maximum atomic E-state index is 12.2. The molecule has 0 unspecified atom stereocenters. The number of ether oxygens (including phenoxy) is 1. The van der Waals surface area contributed by atoms with Crippen molar-refractivity contribution in [2.24, 2.45) is 5.14 Å². The fourth-order valence-corrected chi connectivity index (χ4v) is 3.51. The van der Waals surface area contributed by atoms with E-state index in [0.717, 1.165) is 10.4 Å². The van der Waals surface area contributed by atoms with Gasteiger partial charge in [0.1, 0.15) is 10.6 Å². The summed E-state index contributed by atoms with van der Waals surface area (Å²) in [6.07, 6.45) is 0. The maximum Gasteiger partial charge on any atom is 0.265 e. The summed E-state index contributed by atoms with van der Waals surface area (Å²) in [6.45, 7) is 3.86. The van der Waals surface area contributed by atoms with Crippen LogP contribution < -0.4 is 15.2 Å². The summed E-state index contributed by atoms with van der Waals surface area (Å²) in [5, 5.41) is 7.81. The van der Waals surface area contributed by atoms with Gasteiger partial charge in [0.2, 0.25) is 10.0 Å². The van der Waals surface area contributed by atoms with Gasteiger partial charge in [-0.15, -0.1) is 11.3 Å². The molecule has 0 fully saturated rings. The molecule has 1 heterocycles. The van der Waals surface area contributed by atoms with E-state index >= 15 is 0 Å². The van der Waals surface area contributed by atoms with Crippen LogP contribution in [0.15, 0.2) is 29.2 Å². The minimum Gasteiger partial charge on any atom is -0.495 e. The molecule has 0 aliphatic carbocycles. The Labute approximate surface area is 133 Å². The fourth-order valence-electron chi connectivity index (χ4n) is 1.85. The van der Waals surface area contributed by atoms with Crippen molar-refractivity contribution in [1.82, 2.24) is 0 Å². The molecule has 0 aliphatic heterocycles. The number of hydrogen-bond donors (Lipinski definition) is 2. The van der Waals surface area contributed by atoms with Crippen molar-refractivity contribution < 1.29 is 17.9 Å². The zero-order valence-corrected chi connectivity index (χ0v) is 14.0. The van der Waals surface area contributed by atoms with Crippen molar-refractivity contribution in [3.63, 3.8) is 0 Å². The molecule has 118 valence electrons. The van der Waals surface area contributed by atoms with Crippen LogP contribution in [0.2, 0.25) is 0 Å². The number of methoxy groups -OCH3 is 1. The van der Waals surface area contributed by atoms with E-state index in [-0.39, 0.29) is 16.6 Å². The average Bonchev–Trinajstić information content (AvgIpc) is 2.78. The first-order valence-corrected chi connectivity index (χ1v) is 8.68. The van der Waals surface area contributed by atoms with Crippen molar-refractivity contribution in [3.8, 4) is 5.75 Å². The summed E-state index contributed by atoms with van der Waals surface area (Å²) in [4.78, 5) is 13.6. The Balaban J connectivity index is 2.32. The third-order valence-corrected chi connectivity index (χ3v) is 5.20. The van der Waals surface area contributed by atoms with E-state index in [1.54, 1.807) is 12.1 Å². The number of carbonyl (C=O) groups is 1. The lowest BCUT2D eigenvalue weighted by Crippen LogP contribution is -2.15. The molecule has 0 bridgehead atoms. The van der Waals surface area contributed by atoms with E-state index in [4.69, 9.17) is 9.88 Å². The van der Waals surface area contributed by atoms with Gasteiger partial charge in [-0.05, 0) is 43.7 Å². The van der Waals surface area contributed by atoms with Crippen LogP contribution >= 0.6 is 11.3 Å². The summed E-state index contributed by atoms with van der Waals surface area (Å²) < 4.78 is 28.1. The van der Waals surface area contributed by atoms with E-state index in [1.165, 1.54) is 30.6 Å². The highest BCUT2D eigenvalue weighted by Gasteiger charge is 2.17. The second kappa shape index (κ2) is 6.07. The summed E-state index contributed by atoms with van der Waals surface area (Å²) in [6, 6.07) is 6.07. The lowest BCUT2D eigenvalue weighted by atomic mass is 10.2. The summed E-state index contributed by atoms with van der Waals surface area (Å²) in [5.74, 6) is -0.171. The number of anilines is 1. The number of benzene rings is 1. The molecular formula is C14H16N2O4S2. The van der Waals surface area contributed by atoms with E-state index in [0.29, 0.717) is 10.6 Å². The van der Waals surface area contributed by atoms with E-state index in [9.17, 15) is 13.2 Å². The highest BCUT2D eigenvalue weighted by atomic mass is 32.2. The normalized spacial score (nSPS) is 11.3. The highest BCUT2D eigenvalue weighted by molar-refractivity contribution is 7.89. The van der Waals surface area contributed by atoms with Crippen LogP contribution in [0.1, 0.15) is 20.1 Å². The van der Waals surface area contributed by atoms with Crippen molar-refractivity contribution in [3.05, 3.63) is 39.6 Å². The third kappa shape index (κ3) is 3.46. The van der Waals surface area contributed by atoms with Crippen LogP contribution in [0, 0.1) is 13.8 Å². The van der Waals surface area contributed by atoms with Crippen LogP contribution in [0.25, 0.3) is 0 Å². The smallest absolute Gasteiger partial charge is 0.265 e. The SMILES string of the molecule is COc1ccc(NC(=O)c2cc(C)c(C)s2)cc1S(N)(=O)=O. The third-order valence-electron chi connectivity index (χ3n) is 3.12. The van der Waals surface area contributed by atoms with E-state index < -0.39 is 10.0 Å². The van der Waals surface area contributed by atoms with Gasteiger partial charge >= 0.3 is 0 Å². The lowest BCUT2D eigenvalue weighted by molar-refractivity contribution is 0.103. The number of rotatable bonds is 4. The predicted molar refractivity (Wildman–Crippen MR) is 86.1 cm³/mol. The topological polar surface area (TPSA) is 98.5 Å². The number of sulfonamides is 1. The Kier molecular flexibility index (Phi) is 4.55. The Hall–Kier alpha value is -1.90. The molecule has 0 saturated carbocycles. The molecule has 0 saturated heterocycles. The van der Waals surface area contributed by atoms with Crippen LogP contribution in [-0.4, -0.2) is 21.4 Å². The standard InChI is InChI=1S/C14H16N2O4S2/c1-8-6-12(21-9(8)2)14(17)16-10-4-5-11(20-3)13(7-10)22(15,18)19/h4-7H,1-3H3,(H,16,17)(H2,15,18,19). The molecule has 0 radical (unpaired) electrons. The summed E-state index contributed by atoms with van der Waals surface area (Å²) in [7, 11) is -2.60. The molecule has 2 rings (SSSR count). The molecule has 0 spiro atoms. The molecule has 1 amide bonds. The van der Waals surface area contributed by atoms with Crippen molar-refractivity contribution in [1.29, 1.82) is 0 Å². The van der Waals surface area contributed by atoms with Crippen LogP contribution in [-0.2, 0) is 10.0 Å². The molecule has 1 aromatic heterocycles. The first-order chi connectivity index (χ1) is 10.2. The van der Waals surface area contributed by atoms with Gasteiger partial charge in [0.15, 0.2) is 0 Å². The molecule has 0 aliphatic rings. The average molecular weight is 340 g/mol. The van der Waals surface area contributed by atoms with Crippen molar-refractivity contribution in [2.75, 3.05) is 12.4 Å². The Morgan fingerprint density at radius 1 is 1.27 bits per heavy atom. The Morgan fingerprint density at radius 2 is 1.95 bits per heavy atom. The maximum absolute atomic E-state index is 12.2. The van der Waals surface area contributed by atoms with Crippen molar-refractivity contribution in [2.45, 2.75) is 18.7 Å². The highest BCUT2D eigenvalue weighted by Crippen LogP contribution is 2.27. The number of amides is 1. The molecule has 6 nitrogen and oxygen atoms in total. The zero-order chi connectivity index (χ0) is 16.5. The van der Waals surface area contributed by atoms with Crippen LogP contribution in [0.5, 0.6) is 5.75 Å². The molecular weight excluding hydrogens is 324 g/mol. The lowest BCUT2D eigenvalue weighted by Gasteiger charge is -2.09. The first-order valence-electron chi connectivity index (χ1n) is 6.31. The molecule has 2 aromatic rings. The quantitative estimate of drug-likeness (QED) is 0.892. The minimum atomic E-state index is -3.94. The number of thiophene rings is 1. The number of aryl methyl sites for hydroxylation is 2. The van der Waals surface area contributed by atoms with E-state index in [1.807, 2.05) is 13.8 Å². The number of hydrogen-bond acceptors (Lipinski definition) is 5. The van der Waals surface area contributed by atoms with Gasteiger partial charge < -0.3 is 10.1 Å². The van der Waals surface area contributed by atoms with Crippen molar-refractivity contribution >= 4 is 33.0 Å². The second-order valence-corrected chi connectivity index (χ2v) is 7.50. The molecule has 3 N–H and O–H groups in total. The van der Waals surface area contributed by atoms with Gasteiger partial charge in [-0.3, -0.25) is 4.79 Å². The fraction of sp³-hybridized carbons (Fsp3) is 0.214. The van der Waals surface area contributed by atoms with Gasteiger partial charge in [-0.25, -0.2) is 13.6 Å². The van der Waals surface area contributed by atoms with Crippen LogP contribution in [0.3, 0.4) is 0 Å². The van der Waals surface area contributed by atoms with Gasteiger partial charge in [-0.1, -0.05) is 0 Å². The monoisotopic (exact) mass is 340 g/mol. The molecule has 8 heteroatoms.